The highest BCUT2D eigenvalue weighted by atomic mass is 32.1. The molecule has 4 heteroatoms. The molecule has 2 aromatic heterocycles. The van der Waals surface area contributed by atoms with Crippen LogP contribution < -0.4 is 0 Å². The minimum absolute atomic E-state index is 0.817. The highest BCUT2D eigenvalue weighted by Crippen LogP contribution is 2.26. The molecule has 0 aliphatic rings. The Labute approximate surface area is 116 Å². The Balaban J connectivity index is 1.74. The summed E-state index contributed by atoms with van der Waals surface area (Å²) in [5.74, 6) is 0. The van der Waals surface area contributed by atoms with E-state index in [1.807, 2.05) is 17.5 Å². The van der Waals surface area contributed by atoms with Crippen LogP contribution in [-0.2, 0) is 13.1 Å². The van der Waals surface area contributed by atoms with Crippen LogP contribution >= 0.6 is 11.3 Å². The Morgan fingerprint density at radius 1 is 1.16 bits per heavy atom. The molecule has 0 spiro atoms. The number of thiophene rings is 1. The van der Waals surface area contributed by atoms with Crippen molar-refractivity contribution in [1.29, 1.82) is 0 Å². The van der Waals surface area contributed by atoms with Gasteiger partial charge in [-0.2, -0.15) is 0 Å². The second kappa shape index (κ2) is 5.47. The molecule has 0 aliphatic carbocycles. The fourth-order valence-corrected chi connectivity index (χ4v) is 3.14. The van der Waals surface area contributed by atoms with Crippen LogP contribution in [0.4, 0.5) is 0 Å². The third-order valence-corrected chi connectivity index (χ3v) is 4.06. The number of nitrogens with zero attached hydrogens (tertiary/aromatic N) is 3. The van der Waals surface area contributed by atoms with Gasteiger partial charge in [-0.15, -0.1) is 11.3 Å². The summed E-state index contributed by atoms with van der Waals surface area (Å²) < 4.78 is 1.35. The topological polar surface area (TPSA) is 29.0 Å². The molecule has 2 heterocycles. The molecule has 0 radical (unpaired) electrons. The molecule has 3 nitrogen and oxygen atoms in total. The summed E-state index contributed by atoms with van der Waals surface area (Å²) in [6, 6.07) is 8.55. The van der Waals surface area contributed by atoms with E-state index in [2.05, 4.69) is 51.6 Å². The molecule has 0 atom stereocenters. The average Bonchev–Trinajstić information content (AvgIpc) is 2.83. The maximum absolute atomic E-state index is 4.31. The highest BCUT2D eigenvalue weighted by Gasteiger charge is 2.07. The Morgan fingerprint density at radius 2 is 2.05 bits per heavy atom. The maximum Gasteiger partial charge on any atom is 0.0726 e. The SMILES string of the molecule is CN(Cc1cnccn1)Cc1csc2ccccc12. The minimum Gasteiger partial charge on any atom is -0.296 e. The molecule has 0 saturated carbocycles. The smallest absolute Gasteiger partial charge is 0.0726 e. The molecular formula is C15H15N3S. The Morgan fingerprint density at radius 3 is 2.89 bits per heavy atom. The standard InChI is InChI=1S/C15H15N3S/c1-18(10-13-8-16-6-7-17-13)9-12-11-19-15-5-3-2-4-14(12)15/h2-8,11H,9-10H2,1H3. The number of hydrogen-bond acceptors (Lipinski definition) is 4. The predicted octanol–water partition coefficient (Wildman–Crippen LogP) is 3.32. The van der Waals surface area contributed by atoms with Crippen LogP contribution in [0, 0.1) is 0 Å². The van der Waals surface area contributed by atoms with E-state index in [9.17, 15) is 0 Å². The molecule has 3 aromatic rings. The third-order valence-electron chi connectivity index (χ3n) is 3.05. The van der Waals surface area contributed by atoms with E-state index in [-0.39, 0.29) is 0 Å². The van der Waals surface area contributed by atoms with Gasteiger partial charge in [0, 0.05) is 36.4 Å². The zero-order valence-corrected chi connectivity index (χ0v) is 11.6. The van der Waals surface area contributed by atoms with Crippen molar-refractivity contribution in [2.75, 3.05) is 7.05 Å². The van der Waals surface area contributed by atoms with Gasteiger partial charge in [0.05, 0.1) is 5.69 Å². The molecule has 96 valence electrons. The van der Waals surface area contributed by atoms with Gasteiger partial charge in [-0.25, -0.2) is 0 Å². The zero-order valence-electron chi connectivity index (χ0n) is 10.8. The minimum atomic E-state index is 0.817. The van der Waals surface area contributed by atoms with Gasteiger partial charge >= 0.3 is 0 Å². The van der Waals surface area contributed by atoms with Crippen LogP contribution in [0.3, 0.4) is 0 Å². The van der Waals surface area contributed by atoms with Crippen LogP contribution in [0.2, 0.25) is 0 Å². The van der Waals surface area contributed by atoms with Crippen LogP contribution in [-0.4, -0.2) is 21.9 Å². The zero-order chi connectivity index (χ0) is 13.1. The lowest BCUT2D eigenvalue weighted by molar-refractivity contribution is 0.316. The van der Waals surface area contributed by atoms with Crippen LogP contribution in [0.25, 0.3) is 10.1 Å². The number of rotatable bonds is 4. The fourth-order valence-electron chi connectivity index (χ4n) is 2.19. The Hall–Kier alpha value is -1.78. The second-order valence-corrected chi connectivity index (χ2v) is 5.54. The summed E-state index contributed by atoms with van der Waals surface area (Å²) in [7, 11) is 2.11. The fraction of sp³-hybridized carbons (Fsp3) is 0.200. The van der Waals surface area contributed by atoms with Gasteiger partial charge in [-0.05, 0) is 29.4 Å². The number of aromatic nitrogens is 2. The molecule has 0 amide bonds. The van der Waals surface area contributed by atoms with Crippen LogP contribution in [0.1, 0.15) is 11.3 Å². The molecule has 3 rings (SSSR count). The molecule has 0 bridgehead atoms. The van der Waals surface area contributed by atoms with Gasteiger partial charge in [-0.3, -0.25) is 14.9 Å². The predicted molar refractivity (Wildman–Crippen MR) is 79.0 cm³/mol. The largest absolute Gasteiger partial charge is 0.296 e. The van der Waals surface area contributed by atoms with E-state index < -0.39 is 0 Å². The molecule has 0 unspecified atom stereocenters. The average molecular weight is 269 g/mol. The first kappa shape index (κ1) is 12.3. The summed E-state index contributed by atoms with van der Waals surface area (Å²) in [5, 5.41) is 3.61. The number of benzene rings is 1. The van der Waals surface area contributed by atoms with Crippen LogP contribution in [0.5, 0.6) is 0 Å². The Kier molecular flexibility index (Phi) is 3.53. The van der Waals surface area contributed by atoms with Crippen molar-refractivity contribution in [3.63, 3.8) is 0 Å². The van der Waals surface area contributed by atoms with Gasteiger partial charge in [-0.1, -0.05) is 18.2 Å². The number of fused-ring (bicyclic) bond motifs is 1. The van der Waals surface area contributed by atoms with E-state index >= 15 is 0 Å². The monoisotopic (exact) mass is 269 g/mol. The van der Waals surface area contributed by atoms with E-state index in [1.54, 1.807) is 12.4 Å². The summed E-state index contributed by atoms with van der Waals surface area (Å²) in [6.07, 6.45) is 5.27. The van der Waals surface area contributed by atoms with E-state index in [0.717, 1.165) is 18.8 Å². The normalized spacial score (nSPS) is 11.3. The van der Waals surface area contributed by atoms with Gasteiger partial charge in [0.15, 0.2) is 0 Å². The lowest BCUT2D eigenvalue weighted by Crippen LogP contribution is -2.17. The first-order chi connectivity index (χ1) is 9.33. The van der Waals surface area contributed by atoms with Gasteiger partial charge in [0.1, 0.15) is 0 Å². The molecule has 19 heavy (non-hydrogen) atoms. The first-order valence-corrected chi connectivity index (χ1v) is 7.09. The van der Waals surface area contributed by atoms with Crippen molar-refractivity contribution in [2.24, 2.45) is 0 Å². The van der Waals surface area contributed by atoms with Crippen molar-refractivity contribution < 1.29 is 0 Å². The summed E-state index contributed by atoms with van der Waals surface area (Å²) in [4.78, 5) is 10.7. The van der Waals surface area contributed by atoms with Crippen molar-refractivity contribution in [1.82, 2.24) is 14.9 Å². The van der Waals surface area contributed by atoms with Crippen molar-refractivity contribution >= 4 is 21.4 Å². The molecule has 0 N–H and O–H groups in total. The first-order valence-electron chi connectivity index (χ1n) is 6.21. The van der Waals surface area contributed by atoms with Gasteiger partial charge in [0.25, 0.3) is 0 Å². The summed E-state index contributed by atoms with van der Waals surface area (Å²) in [5.41, 5.74) is 2.39. The molecule has 0 aliphatic heterocycles. The van der Waals surface area contributed by atoms with E-state index in [0.29, 0.717) is 0 Å². The second-order valence-electron chi connectivity index (χ2n) is 4.63. The summed E-state index contributed by atoms with van der Waals surface area (Å²) in [6.45, 7) is 1.75. The lowest BCUT2D eigenvalue weighted by Gasteiger charge is -2.15. The Bertz CT molecular complexity index is 663. The van der Waals surface area contributed by atoms with Crippen molar-refractivity contribution in [2.45, 2.75) is 13.1 Å². The molecule has 0 saturated heterocycles. The van der Waals surface area contributed by atoms with Gasteiger partial charge in [0.2, 0.25) is 0 Å². The van der Waals surface area contributed by atoms with Crippen molar-refractivity contribution in [3.8, 4) is 0 Å². The maximum atomic E-state index is 4.31. The lowest BCUT2D eigenvalue weighted by atomic mass is 10.1. The van der Waals surface area contributed by atoms with Crippen LogP contribution in [0.15, 0.2) is 48.2 Å². The summed E-state index contributed by atoms with van der Waals surface area (Å²) >= 11 is 1.81. The molecule has 1 aromatic carbocycles. The van der Waals surface area contributed by atoms with E-state index in [4.69, 9.17) is 0 Å². The molecular weight excluding hydrogens is 254 g/mol. The third kappa shape index (κ3) is 2.80. The van der Waals surface area contributed by atoms with E-state index in [1.165, 1.54) is 15.6 Å². The quantitative estimate of drug-likeness (QED) is 0.727. The van der Waals surface area contributed by atoms with Gasteiger partial charge < -0.3 is 0 Å². The van der Waals surface area contributed by atoms with Crippen molar-refractivity contribution in [3.05, 3.63) is 59.5 Å². The highest BCUT2D eigenvalue weighted by molar-refractivity contribution is 7.17. The molecule has 0 fully saturated rings. The number of hydrogen-bond donors (Lipinski definition) is 0.